The molecule has 19 heavy (non-hydrogen) atoms. The number of rotatable bonds is 5. The summed E-state index contributed by atoms with van der Waals surface area (Å²) in [4.78, 5) is 11.0. The Morgan fingerprint density at radius 3 is 2.95 bits per heavy atom. The Hall–Kier alpha value is -1.13. The second-order valence-electron chi connectivity index (χ2n) is 5.02. The van der Waals surface area contributed by atoms with Crippen LogP contribution in [0.4, 0.5) is 4.39 Å². The minimum Gasteiger partial charge on any atom is -0.481 e. The Balaban J connectivity index is 1.83. The predicted octanol–water partition coefficient (Wildman–Crippen LogP) is 3.07. The first-order valence-electron chi connectivity index (χ1n) is 6.45. The molecule has 0 spiro atoms. The van der Waals surface area contributed by atoms with Gasteiger partial charge in [-0.05, 0) is 43.0 Å². The maximum absolute atomic E-state index is 13.0. The van der Waals surface area contributed by atoms with Crippen LogP contribution in [-0.2, 0) is 11.3 Å². The van der Waals surface area contributed by atoms with Crippen molar-refractivity contribution in [3.05, 3.63) is 34.6 Å². The highest BCUT2D eigenvalue weighted by Gasteiger charge is 2.32. The highest BCUT2D eigenvalue weighted by molar-refractivity contribution is 6.30. The molecule has 1 aromatic carbocycles. The number of carboxylic acid groups (broad SMARTS) is 1. The highest BCUT2D eigenvalue weighted by Crippen LogP contribution is 2.31. The Bertz CT molecular complexity index is 467. The maximum atomic E-state index is 13.0. The predicted molar refractivity (Wildman–Crippen MR) is 71.6 cm³/mol. The lowest BCUT2D eigenvalue weighted by atomic mass is 9.96. The Morgan fingerprint density at radius 2 is 2.26 bits per heavy atom. The molecule has 1 aliphatic carbocycles. The van der Waals surface area contributed by atoms with Crippen LogP contribution in [0.1, 0.15) is 24.8 Å². The van der Waals surface area contributed by atoms with E-state index in [2.05, 4.69) is 5.32 Å². The molecule has 0 aliphatic heterocycles. The molecule has 0 radical (unpaired) electrons. The molecule has 1 aliphatic rings. The van der Waals surface area contributed by atoms with Gasteiger partial charge in [-0.3, -0.25) is 4.79 Å². The molecule has 0 aromatic heterocycles. The van der Waals surface area contributed by atoms with Gasteiger partial charge in [-0.15, -0.1) is 0 Å². The van der Waals surface area contributed by atoms with Gasteiger partial charge in [-0.2, -0.15) is 0 Å². The summed E-state index contributed by atoms with van der Waals surface area (Å²) in [6, 6.07) is 4.61. The molecule has 1 fully saturated rings. The topological polar surface area (TPSA) is 49.3 Å². The fraction of sp³-hybridized carbons (Fsp3) is 0.500. The van der Waals surface area contributed by atoms with Crippen LogP contribution in [0.5, 0.6) is 0 Å². The third-order valence-electron chi connectivity index (χ3n) is 3.70. The van der Waals surface area contributed by atoms with Gasteiger partial charge >= 0.3 is 5.97 Å². The number of hydrogen-bond donors (Lipinski definition) is 2. The van der Waals surface area contributed by atoms with Crippen molar-refractivity contribution in [3.8, 4) is 0 Å². The summed E-state index contributed by atoms with van der Waals surface area (Å²) >= 11 is 5.70. The van der Waals surface area contributed by atoms with Crippen LogP contribution < -0.4 is 5.32 Å². The fourth-order valence-corrected chi connectivity index (χ4v) is 2.86. The Labute approximate surface area is 116 Å². The lowest BCUT2D eigenvalue weighted by molar-refractivity contribution is -0.142. The van der Waals surface area contributed by atoms with Crippen LogP contribution in [0.3, 0.4) is 0 Å². The van der Waals surface area contributed by atoms with Crippen molar-refractivity contribution >= 4 is 17.6 Å². The minimum absolute atomic E-state index is 0.114. The van der Waals surface area contributed by atoms with E-state index in [9.17, 15) is 9.18 Å². The van der Waals surface area contributed by atoms with Gasteiger partial charge in [0, 0.05) is 6.54 Å². The van der Waals surface area contributed by atoms with E-state index in [4.69, 9.17) is 16.7 Å². The third-order valence-corrected chi connectivity index (χ3v) is 3.99. The number of halogens is 2. The first kappa shape index (κ1) is 14.3. The summed E-state index contributed by atoms with van der Waals surface area (Å²) in [5.41, 5.74) is 0.899. The van der Waals surface area contributed by atoms with Crippen molar-refractivity contribution in [1.29, 1.82) is 0 Å². The summed E-state index contributed by atoms with van der Waals surface area (Å²) < 4.78 is 13.0. The van der Waals surface area contributed by atoms with Crippen LogP contribution in [0, 0.1) is 17.7 Å². The molecule has 2 unspecified atom stereocenters. The normalized spacial score (nSPS) is 22.6. The van der Waals surface area contributed by atoms with E-state index >= 15 is 0 Å². The van der Waals surface area contributed by atoms with E-state index in [0.29, 0.717) is 13.1 Å². The molecular weight excluding hydrogens is 269 g/mol. The van der Waals surface area contributed by atoms with Crippen molar-refractivity contribution in [2.24, 2.45) is 11.8 Å². The summed E-state index contributed by atoms with van der Waals surface area (Å²) in [6.07, 6.45) is 2.70. The van der Waals surface area contributed by atoms with Crippen LogP contribution in [0.15, 0.2) is 18.2 Å². The molecule has 1 saturated carbocycles. The second-order valence-corrected chi connectivity index (χ2v) is 5.42. The molecule has 0 saturated heterocycles. The number of carboxylic acids is 1. The minimum atomic E-state index is -0.700. The standard InChI is InChI=1S/C14H17ClFNO2/c15-12-6-9(4-5-13(12)16)7-17-8-10-2-1-3-11(10)14(18)19/h4-6,10-11,17H,1-3,7-8H2,(H,18,19). The summed E-state index contributed by atoms with van der Waals surface area (Å²) in [5.74, 6) is -1.17. The molecule has 3 nitrogen and oxygen atoms in total. The number of carbonyl (C=O) groups is 1. The van der Waals surface area contributed by atoms with Crippen molar-refractivity contribution in [3.63, 3.8) is 0 Å². The van der Waals surface area contributed by atoms with Gasteiger partial charge in [0.25, 0.3) is 0 Å². The number of aliphatic carboxylic acids is 1. The van der Waals surface area contributed by atoms with E-state index in [1.165, 1.54) is 6.07 Å². The molecule has 0 heterocycles. The van der Waals surface area contributed by atoms with E-state index in [1.54, 1.807) is 12.1 Å². The van der Waals surface area contributed by atoms with E-state index in [1.807, 2.05) is 0 Å². The molecule has 5 heteroatoms. The lowest BCUT2D eigenvalue weighted by Gasteiger charge is -2.16. The molecule has 2 N–H and O–H groups in total. The summed E-state index contributed by atoms with van der Waals surface area (Å²) in [7, 11) is 0. The van der Waals surface area contributed by atoms with Gasteiger partial charge in [-0.25, -0.2) is 4.39 Å². The first-order valence-corrected chi connectivity index (χ1v) is 6.83. The largest absolute Gasteiger partial charge is 0.481 e. The number of hydrogen-bond acceptors (Lipinski definition) is 2. The first-order chi connectivity index (χ1) is 9.08. The number of nitrogens with one attached hydrogen (secondary N) is 1. The summed E-state index contributed by atoms with van der Waals surface area (Å²) in [6.45, 7) is 1.24. The lowest BCUT2D eigenvalue weighted by Crippen LogP contribution is -2.28. The highest BCUT2D eigenvalue weighted by atomic mass is 35.5. The molecule has 1 aromatic rings. The van der Waals surface area contributed by atoms with E-state index in [0.717, 1.165) is 24.8 Å². The maximum Gasteiger partial charge on any atom is 0.306 e. The van der Waals surface area contributed by atoms with Gasteiger partial charge in [0.15, 0.2) is 0 Å². The van der Waals surface area contributed by atoms with Crippen molar-refractivity contribution in [2.45, 2.75) is 25.8 Å². The van der Waals surface area contributed by atoms with Crippen molar-refractivity contribution < 1.29 is 14.3 Å². The van der Waals surface area contributed by atoms with Gasteiger partial charge < -0.3 is 10.4 Å². The number of benzene rings is 1. The van der Waals surface area contributed by atoms with Crippen molar-refractivity contribution in [1.82, 2.24) is 5.32 Å². The third kappa shape index (κ3) is 3.67. The van der Waals surface area contributed by atoms with Crippen molar-refractivity contribution in [2.75, 3.05) is 6.54 Å². The Morgan fingerprint density at radius 1 is 1.47 bits per heavy atom. The van der Waals surface area contributed by atoms with Gasteiger partial charge in [0.1, 0.15) is 5.82 Å². The zero-order valence-corrected chi connectivity index (χ0v) is 11.3. The Kier molecular flexibility index (Phi) is 4.77. The monoisotopic (exact) mass is 285 g/mol. The second kappa shape index (κ2) is 6.35. The average Bonchev–Trinajstić information content (AvgIpc) is 2.82. The summed E-state index contributed by atoms with van der Waals surface area (Å²) in [5, 5.41) is 12.4. The van der Waals surface area contributed by atoms with Crippen LogP contribution in [0.25, 0.3) is 0 Å². The van der Waals surface area contributed by atoms with Gasteiger partial charge in [-0.1, -0.05) is 24.1 Å². The molecule has 104 valence electrons. The quantitative estimate of drug-likeness (QED) is 0.874. The molecule has 0 bridgehead atoms. The molecular formula is C14H17ClFNO2. The molecule has 0 amide bonds. The van der Waals surface area contributed by atoms with Crippen LogP contribution in [-0.4, -0.2) is 17.6 Å². The van der Waals surface area contributed by atoms with Gasteiger partial charge in [0.2, 0.25) is 0 Å². The van der Waals surface area contributed by atoms with Crippen LogP contribution >= 0.6 is 11.6 Å². The zero-order chi connectivity index (χ0) is 13.8. The smallest absolute Gasteiger partial charge is 0.306 e. The average molecular weight is 286 g/mol. The van der Waals surface area contributed by atoms with E-state index < -0.39 is 11.8 Å². The van der Waals surface area contributed by atoms with Gasteiger partial charge in [0.05, 0.1) is 10.9 Å². The van der Waals surface area contributed by atoms with E-state index in [-0.39, 0.29) is 16.9 Å². The van der Waals surface area contributed by atoms with Crippen LogP contribution in [0.2, 0.25) is 5.02 Å². The fourth-order valence-electron chi connectivity index (χ4n) is 2.66. The SMILES string of the molecule is O=C(O)C1CCCC1CNCc1ccc(F)c(Cl)c1. The molecule has 2 rings (SSSR count). The zero-order valence-electron chi connectivity index (χ0n) is 10.5. The molecule has 2 atom stereocenters.